The van der Waals surface area contributed by atoms with Crippen LogP contribution in [0.4, 0.5) is 10.6 Å². The van der Waals surface area contributed by atoms with Gasteiger partial charge < -0.3 is 15.8 Å². The quantitative estimate of drug-likeness (QED) is 0.896. The Labute approximate surface area is 137 Å². The van der Waals surface area contributed by atoms with E-state index in [-0.39, 0.29) is 23.3 Å². The maximum absolute atomic E-state index is 11.9. The molecule has 0 spiro atoms. The molecule has 0 aromatic carbocycles. The number of nitrogens with zero attached hydrogens (tertiary/aromatic N) is 2. The summed E-state index contributed by atoms with van der Waals surface area (Å²) in [6, 6.07) is 1.96. The van der Waals surface area contributed by atoms with E-state index in [9.17, 15) is 4.79 Å². The molecule has 0 aliphatic heterocycles. The smallest absolute Gasteiger partial charge is 0.407 e. The van der Waals surface area contributed by atoms with Gasteiger partial charge in [0.05, 0.1) is 11.2 Å². The van der Waals surface area contributed by atoms with Crippen molar-refractivity contribution < 1.29 is 9.53 Å². The molecule has 2 aliphatic rings. The molecule has 1 amide bonds. The highest BCUT2D eigenvalue weighted by molar-refractivity contribution is 5.69. The molecule has 1 aromatic rings. The third-order valence-corrected chi connectivity index (χ3v) is 4.87. The molecular weight excluding hydrogens is 292 g/mol. The molecule has 2 aliphatic carbocycles. The average Bonchev–Trinajstić information content (AvgIpc) is 2.86. The number of nitrogens with two attached hydrogens (primary N) is 1. The number of nitrogens with one attached hydrogen (secondary N) is 1. The van der Waals surface area contributed by atoms with Gasteiger partial charge in [-0.1, -0.05) is 0 Å². The second kappa shape index (κ2) is 5.42. The Balaban J connectivity index is 1.58. The van der Waals surface area contributed by atoms with Gasteiger partial charge in [-0.25, -0.2) is 9.48 Å². The Bertz CT molecular complexity index is 598. The van der Waals surface area contributed by atoms with Crippen molar-refractivity contribution in [3.63, 3.8) is 0 Å². The number of nitrogen functional groups attached to an aromatic ring is 1. The van der Waals surface area contributed by atoms with Crippen LogP contribution < -0.4 is 11.1 Å². The standard InChI is InChI=1S/C17H28N4O2/c1-16(2,3)21-14(18)10-13(20-21)11-5-6-12(9-11)23-15(22)19-17(4)7-8-17/h10-12H,5-9,18H2,1-4H3,(H,19,22)/t11-,12+/m1/s1. The Morgan fingerprint density at radius 1 is 1.43 bits per heavy atom. The first-order chi connectivity index (χ1) is 10.7. The Morgan fingerprint density at radius 3 is 2.70 bits per heavy atom. The molecule has 3 rings (SSSR count). The number of aromatic nitrogens is 2. The van der Waals surface area contributed by atoms with E-state index >= 15 is 0 Å². The predicted molar refractivity (Wildman–Crippen MR) is 89.3 cm³/mol. The van der Waals surface area contributed by atoms with Gasteiger partial charge in [0.1, 0.15) is 11.9 Å². The fraction of sp³-hybridized carbons (Fsp3) is 0.765. The summed E-state index contributed by atoms with van der Waals surface area (Å²) < 4.78 is 7.44. The lowest BCUT2D eigenvalue weighted by molar-refractivity contribution is 0.0967. The first-order valence-electron chi connectivity index (χ1n) is 8.51. The van der Waals surface area contributed by atoms with E-state index in [1.807, 2.05) is 17.7 Å². The van der Waals surface area contributed by atoms with Crippen LogP contribution in [0.2, 0.25) is 0 Å². The van der Waals surface area contributed by atoms with Gasteiger partial charge in [0.2, 0.25) is 0 Å². The summed E-state index contributed by atoms with van der Waals surface area (Å²) >= 11 is 0. The van der Waals surface area contributed by atoms with Gasteiger partial charge in [-0.05, 0) is 59.8 Å². The largest absolute Gasteiger partial charge is 0.446 e. The van der Waals surface area contributed by atoms with Gasteiger partial charge in [-0.3, -0.25) is 0 Å². The first-order valence-corrected chi connectivity index (χ1v) is 8.51. The maximum atomic E-state index is 11.9. The highest BCUT2D eigenvalue weighted by Gasteiger charge is 2.40. The lowest BCUT2D eigenvalue weighted by Gasteiger charge is -2.20. The van der Waals surface area contributed by atoms with Crippen molar-refractivity contribution in [1.29, 1.82) is 0 Å². The number of hydrogen-bond donors (Lipinski definition) is 2. The third-order valence-electron chi connectivity index (χ3n) is 4.87. The number of amides is 1. The van der Waals surface area contributed by atoms with Crippen LogP contribution in [0, 0.1) is 0 Å². The zero-order valence-corrected chi connectivity index (χ0v) is 14.6. The fourth-order valence-electron chi connectivity index (χ4n) is 3.21. The number of hydrogen-bond acceptors (Lipinski definition) is 4. The van der Waals surface area contributed by atoms with Crippen LogP contribution in [0.3, 0.4) is 0 Å². The normalized spacial score (nSPS) is 26.1. The molecule has 1 aromatic heterocycles. The number of ether oxygens (including phenoxy) is 1. The minimum Gasteiger partial charge on any atom is -0.446 e. The minimum atomic E-state index is -0.282. The Hall–Kier alpha value is -1.72. The number of anilines is 1. The summed E-state index contributed by atoms with van der Waals surface area (Å²) in [7, 11) is 0. The van der Waals surface area contributed by atoms with Crippen LogP contribution in [-0.4, -0.2) is 27.5 Å². The van der Waals surface area contributed by atoms with Crippen molar-refractivity contribution in [2.45, 2.75) is 82.9 Å². The molecule has 0 bridgehead atoms. The van der Waals surface area contributed by atoms with Gasteiger partial charge in [-0.15, -0.1) is 0 Å². The van der Waals surface area contributed by atoms with Crippen molar-refractivity contribution in [3.05, 3.63) is 11.8 Å². The van der Waals surface area contributed by atoms with Gasteiger partial charge in [-0.2, -0.15) is 5.10 Å². The topological polar surface area (TPSA) is 82.2 Å². The summed E-state index contributed by atoms with van der Waals surface area (Å²) in [6.45, 7) is 8.31. The summed E-state index contributed by atoms with van der Waals surface area (Å²) in [5, 5.41) is 7.63. The molecule has 6 nitrogen and oxygen atoms in total. The second-order valence-electron chi connectivity index (χ2n) is 8.30. The van der Waals surface area contributed by atoms with Gasteiger partial charge in [0, 0.05) is 17.5 Å². The molecular formula is C17H28N4O2. The SMILES string of the molecule is CC1(NC(=O)O[C@H]2CC[C@@H](c3cc(N)n(C(C)(C)C)n3)C2)CC1. The number of carbonyl (C=O) groups is 1. The van der Waals surface area contributed by atoms with Crippen molar-refractivity contribution in [2.24, 2.45) is 0 Å². The van der Waals surface area contributed by atoms with E-state index in [1.54, 1.807) is 0 Å². The fourth-order valence-corrected chi connectivity index (χ4v) is 3.21. The van der Waals surface area contributed by atoms with E-state index in [2.05, 4.69) is 31.2 Å². The van der Waals surface area contributed by atoms with Crippen LogP contribution in [0.5, 0.6) is 0 Å². The number of carbonyl (C=O) groups excluding carboxylic acids is 1. The number of alkyl carbamates (subject to hydrolysis) is 1. The average molecular weight is 320 g/mol. The monoisotopic (exact) mass is 320 g/mol. The van der Waals surface area contributed by atoms with Gasteiger partial charge in [0.15, 0.2) is 0 Å². The molecule has 0 unspecified atom stereocenters. The van der Waals surface area contributed by atoms with Crippen LogP contribution in [0.1, 0.15) is 71.4 Å². The van der Waals surface area contributed by atoms with Crippen LogP contribution in [-0.2, 0) is 10.3 Å². The van der Waals surface area contributed by atoms with Crippen molar-refractivity contribution >= 4 is 11.9 Å². The summed E-state index contributed by atoms with van der Waals surface area (Å²) in [5.41, 5.74) is 6.94. The van der Waals surface area contributed by atoms with E-state index in [0.29, 0.717) is 11.7 Å². The summed E-state index contributed by atoms with van der Waals surface area (Å²) in [6.07, 6.45) is 4.47. The van der Waals surface area contributed by atoms with Crippen LogP contribution >= 0.6 is 0 Å². The summed E-state index contributed by atoms with van der Waals surface area (Å²) in [4.78, 5) is 11.9. The van der Waals surface area contributed by atoms with E-state index in [4.69, 9.17) is 10.5 Å². The Kier molecular flexibility index (Phi) is 3.81. The van der Waals surface area contributed by atoms with E-state index in [1.165, 1.54) is 0 Å². The molecule has 2 atom stereocenters. The summed E-state index contributed by atoms with van der Waals surface area (Å²) in [5.74, 6) is 1.01. The predicted octanol–water partition coefficient (Wildman–Crippen LogP) is 3.14. The maximum Gasteiger partial charge on any atom is 0.407 e. The van der Waals surface area contributed by atoms with E-state index in [0.717, 1.165) is 37.8 Å². The molecule has 0 saturated heterocycles. The second-order valence-corrected chi connectivity index (χ2v) is 8.30. The first kappa shape index (κ1) is 16.1. The molecule has 3 N–H and O–H groups in total. The molecule has 6 heteroatoms. The van der Waals surface area contributed by atoms with Gasteiger partial charge in [0.25, 0.3) is 0 Å². The molecule has 2 saturated carbocycles. The number of rotatable bonds is 3. The highest BCUT2D eigenvalue weighted by atomic mass is 16.6. The minimum absolute atomic E-state index is 0.0247. The Morgan fingerprint density at radius 2 is 2.13 bits per heavy atom. The zero-order chi connectivity index (χ0) is 16.8. The van der Waals surface area contributed by atoms with Crippen LogP contribution in [0.15, 0.2) is 6.07 Å². The van der Waals surface area contributed by atoms with E-state index < -0.39 is 0 Å². The highest BCUT2D eigenvalue weighted by Crippen LogP contribution is 2.38. The zero-order valence-electron chi connectivity index (χ0n) is 14.6. The molecule has 2 fully saturated rings. The molecule has 1 heterocycles. The lowest BCUT2D eigenvalue weighted by atomic mass is 10.0. The van der Waals surface area contributed by atoms with Crippen molar-refractivity contribution in [3.8, 4) is 0 Å². The molecule has 128 valence electrons. The molecule has 0 radical (unpaired) electrons. The van der Waals surface area contributed by atoms with Crippen LogP contribution in [0.25, 0.3) is 0 Å². The van der Waals surface area contributed by atoms with Crippen molar-refractivity contribution in [1.82, 2.24) is 15.1 Å². The van der Waals surface area contributed by atoms with Gasteiger partial charge >= 0.3 is 6.09 Å². The lowest BCUT2D eigenvalue weighted by Crippen LogP contribution is -2.36. The van der Waals surface area contributed by atoms with Crippen molar-refractivity contribution in [2.75, 3.05) is 5.73 Å². The molecule has 23 heavy (non-hydrogen) atoms. The third kappa shape index (κ3) is 3.62.